The fourth-order valence-corrected chi connectivity index (χ4v) is 4.17. The minimum absolute atomic E-state index is 0.116. The third-order valence-electron chi connectivity index (χ3n) is 5.66. The highest BCUT2D eigenvalue weighted by molar-refractivity contribution is 5.95. The standard InChI is InChI=1S/C21H28N2O5/c1-27-20(26)16-5-4-6-17(13-16)22-18(24)14-21(7-2-3-8-21)15-19(25)23-9-11-28-12-10-23/h4-6,13H,2-3,7-12,14-15H2,1H3,(H,22,24). The summed E-state index contributed by atoms with van der Waals surface area (Å²) in [6.07, 6.45) is 4.58. The molecule has 0 bridgehead atoms. The van der Waals surface area contributed by atoms with Gasteiger partial charge in [0, 0.05) is 31.6 Å². The van der Waals surface area contributed by atoms with Gasteiger partial charge in [-0.3, -0.25) is 9.59 Å². The second-order valence-electron chi connectivity index (χ2n) is 7.67. The molecule has 0 spiro atoms. The van der Waals surface area contributed by atoms with Crippen molar-refractivity contribution in [2.24, 2.45) is 5.41 Å². The van der Waals surface area contributed by atoms with E-state index in [1.807, 2.05) is 4.90 Å². The SMILES string of the molecule is COC(=O)c1cccc(NC(=O)CC2(CC(=O)N3CCOCC3)CCCC2)c1. The molecule has 1 aromatic carbocycles. The predicted octanol–water partition coefficient (Wildman–Crippen LogP) is 2.61. The van der Waals surface area contributed by atoms with Crippen LogP contribution in [-0.4, -0.2) is 56.1 Å². The number of carbonyl (C=O) groups excluding carboxylic acids is 3. The van der Waals surface area contributed by atoms with Crippen molar-refractivity contribution in [2.75, 3.05) is 38.7 Å². The fraction of sp³-hybridized carbons (Fsp3) is 0.571. The van der Waals surface area contributed by atoms with Crippen LogP contribution in [0.25, 0.3) is 0 Å². The lowest BCUT2D eigenvalue weighted by atomic mass is 9.78. The van der Waals surface area contributed by atoms with E-state index in [4.69, 9.17) is 9.47 Å². The first kappa shape index (κ1) is 20.3. The molecule has 7 heteroatoms. The molecular weight excluding hydrogens is 360 g/mol. The van der Waals surface area contributed by atoms with Crippen LogP contribution >= 0.6 is 0 Å². The fourth-order valence-electron chi connectivity index (χ4n) is 4.17. The summed E-state index contributed by atoms with van der Waals surface area (Å²) in [6.45, 7) is 2.41. The number of carbonyl (C=O) groups is 3. The maximum absolute atomic E-state index is 12.7. The third-order valence-corrected chi connectivity index (χ3v) is 5.66. The smallest absolute Gasteiger partial charge is 0.337 e. The Morgan fingerprint density at radius 1 is 1.14 bits per heavy atom. The van der Waals surface area contributed by atoms with Crippen LogP contribution in [0.2, 0.25) is 0 Å². The maximum atomic E-state index is 12.7. The Labute approximate surface area is 165 Å². The van der Waals surface area contributed by atoms with Gasteiger partial charge in [-0.2, -0.15) is 0 Å². The quantitative estimate of drug-likeness (QED) is 0.757. The van der Waals surface area contributed by atoms with Gasteiger partial charge in [-0.25, -0.2) is 4.79 Å². The number of rotatable bonds is 6. The Kier molecular flexibility index (Phi) is 6.67. The maximum Gasteiger partial charge on any atom is 0.337 e. The number of ether oxygens (including phenoxy) is 2. The van der Waals surface area contributed by atoms with Crippen LogP contribution < -0.4 is 5.32 Å². The summed E-state index contributed by atoms with van der Waals surface area (Å²) in [5, 5.41) is 2.87. The van der Waals surface area contributed by atoms with Gasteiger partial charge in [-0.15, -0.1) is 0 Å². The van der Waals surface area contributed by atoms with Gasteiger partial charge in [0.2, 0.25) is 11.8 Å². The number of nitrogens with zero attached hydrogens (tertiary/aromatic N) is 1. The highest BCUT2D eigenvalue weighted by atomic mass is 16.5. The highest BCUT2D eigenvalue weighted by Crippen LogP contribution is 2.44. The molecule has 2 amide bonds. The van der Waals surface area contributed by atoms with Crippen LogP contribution in [0.1, 0.15) is 48.9 Å². The number of methoxy groups -OCH3 is 1. The summed E-state index contributed by atoms with van der Waals surface area (Å²) in [4.78, 5) is 39.0. The van der Waals surface area contributed by atoms with E-state index in [1.54, 1.807) is 24.3 Å². The zero-order valence-electron chi connectivity index (χ0n) is 16.4. The van der Waals surface area contributed by atoms with Gasteiger partial charge in [-0.05, 0) is 36.5 Å². The molecule has 28 heavy (non-hydrogen) atoms. The molecule has 0 radical (unpaired) electrons. The summed E-state index contributed by atoms with van der Waals surface area (Å²) in [7, 11) is 1.32. The van der Waals surface area contributed by atoms with E-state index in [0.717, 1.165) is 25.7 Å². The lowest BCUT2D eigenvalue weighted by Gasteiger charge is -2.33. The number of nitrogens with one attached hydrogen (secondary N) is 1. The molecule has 2 fully saturated rings. The van der Waals surface area contributed by atoms with Gasteiger partial charge in [0.25, 0.3) is 0 Å². The van der Waals surface area contributed by atoms with Gasteiger partial charge < -0.3 is 19.7 Å². The van der Waals surface area contributed by atoms with Gasteiger partial charge in [-0.1, -0.05) is 18.9 Å². The Morgan fingerprint density at radius 2 is 1.86 bits per heavy atom. The predicted molar refractivity (Wildman–Crippen MR) is 104 cm³/mol. The van der Waals surface area contributed by atoms with Crippen LogP contribution in [0.5, 0.6) is 0 Å². The van der Waals surface area contributed by atoms with E-state index >= 15 is 0 Å². The molecule has 0 unspecified atom stereocenters. The van der Waals surface area contributed by atoms with Crippen LogP contribution in [-0.2, 0) is 19.1 Å². The topological polar surface area (TPSA) is 84.9 Å². The minimum Gasteiger partial charge on any atom is -0.465 e. The van der Waals surface area contributed by atoms with Crippen molar-refractivity contribution < 1.29 is 23.9 Å². The number of hydrogen-bond acceptors (Lipinski definition) is 5. The second-order valence-corrected chi connectivity index (χ2v) is 7.67. The summed E-state index contributed by atoms with van der Waals surface area (Å²) in [6, 6.07) is 6.69. The Balaban J connectivity index is 1.62. The normalized spacial score (nSPS) is 18.5. The van der Waals surface area contributed by atoms with Gasteiger partial charge in [0.15, 0.2) is 0 Å². The van der Waals surface area contributed by atoms with Crippen LogP contribution in [0.4, 0.5) is 5.69 Å². The van der Waals surface area contributed by atoms with Crippen molar-refractivity contribution in [2.45, 2.75) is 38.5 Å². The number of anilines is 1. The molecule has 0 aromatic heterocycles. The lowest BCUT2D eigenvalue weighted by Crippen LogP contribution is -2.43. The Bertz CT molecular complexity index is 721. The van der Waals surface area contributed by atoms with Crippen LogP contribution in [0.3, 0.4) is 0 Å². The van der Waals surface area contributed by atoms with E-state index < -0.39 is 5.97 Å². The van der Waals surface area contributed by atoms with Gasteiger partial charge >= 0.3 is 5.97 Å². The molecule has 3 rings (SSSR count). The number of hydrogen-bond donors (Lipinski definition) is 1. The van der Waals surface area contributed by atoms with Gasteiger partial charge in [0.05, 0.1) is 25.9 Å². The Hall–Kier alpha value is -2.41. The summed E-state index contributed by atoms with van der Waals surface area (Å²) >= 11 is 0. The van der Waals surface area contributed by atoms with Crippen molar-refractivity contribution in [1.29, 1.82) is 0 Å². The Morgan fingerprint density at radius 3 is 2.54 bits per heavy atom. The largest absolute Gasteiger partial charge is 0.465 e. The van der Waals surface area contributed by atoms with Crippen molar-refractivity contribution in [1.82, 2.24) is 4.90 Å². The first-order valence-corrected chi connectivity index (χ1v) is 9.85. The van der Waals surface area contributed by atoms with E-state index in [9.17, 15) is 14.4 Å². The van der Waals surface area contributed by atoms with Crippen molar-refractivity contribution in [3.05, 3.63) is 29.8 Å². The zero-order valence-corrected chi connectivity index (χ0v) is 16.4. The second kappa shape index (κ2) is 9.19. The zero-order chi connectivity index (χ0) is 20.0. The van der Waals surface area contributed by atoms with E-state index in [0.29, 0.717) is 50.4 Å². The summed E-state index contributed by atoms with van der Waals surface area (Å²) < 4.78 is 10.0. The molecule has 0 atom stereocenters. The van der Waals surface area contributed by atoms with Crippen LogP contribution in [0, 0.1) is 5.41 Å². The molecule has 1 aliphatic heterocycles. The van der Waals surface area contributed by atoms with Crippen molar-refractivity contribution in [3.63, 3.8) is 0 Å². The first-order chi connectivity index (χ1) is 13.5. The molecule has 152 valence electrons. The number of morpholine rings is 1. The number of benzene rings is 1. The summed E-state index contributed by atoms with van der Waals surface area (Å²) in [5.41, 5.74) is 0.665. The molecule has 1 saturated heterocycles. The molecule has 1 N–H and O–H groups in total. The molecule has 2 aliphatic rings. The number of amides is 2. The van der Waals surface area contributed by atoms with Crippen LogP contribution in [0.15, 0.2) is 24.3 Å². The van der Waals surface area contributed by atoms with Gasteiger partial charge in [0.1, 0.15) is 0 Å². The molecule has 1 saturated carbocycles. The third kappa shape index (κ3) is 5.10. The van der Waals surface area contributed by atoms with Crippen molar-refractivity contribution in [3.8, 4) is 0 Å². The monoisotopic (exact) mass is 388 g/mol. The molecule has 7 nitrogen and oxygen atoms in total. The van der Waals surface area contributed by atoms with E-state index in [-0.39, 0.29) is 17.2 Å². The van der Waals surface area contributed by atoms with Crippen molar-refractivity contribution >= 4 is 23.5 Å². The molecule has 1 heterocycles. The average molecular weight is 388 g/mol. The average Bonchev–Trinajstić information content (AvgIpc) is 3.15. The molecule has 1 aromatic rings. The highest BCUT2D eigenvalue weighted by Gasteiger charge is 2.39. The molecular formula is C21H28N2O5. The first-order valence-electron chi connectivity index (χ1n) is 9.85. The number of esters is 1. The lowest BCUT2D eigenvalue weighted by molar-refractivity contribution is -0.138. The minimum atomic E-state index is -0.445. The van der Waals surface area contributed by atoms with E-state index in [2.05, 4.69) is 5.32 Å². The van der Waals surface area contributed by atoms with E-state index in [1.165, 1.54) is 7.11 Å². The summed E-state index contributed by atoms with van der Waals surface area (Å²) in [5.74, 6) is -0.455. The molecule has 1 aliphatic carbocycles.